The summed E-state index contributed by atoms with van der Waals surface area (Å²) in [6.07, 6.45) is 6.97. The maximum atomic E-state index is 5.97. The molecule has 17 heavy (non-hydrogen) atoms. The summed E-state index contributed by atoms with van der Waals surface area (Å²) in [4.78, 5) is 1.34. The summed E-state index contributed by atoms with van der Waals surface area (Å²) in [6.45, 7) is 5.78. The van der Waals surface area contributed by atoms with Gasteiger partial charge in [0, 0.05) is 17.5 Å². The largest absolute Gasteiger partial charge is 0.309 e. The maximum Gasteiger partial charge on any atom is 0.0931 e. The zero-order chi connectivity index (χ0) is 12.3. The summed E-state index contributed by atoms with van der Waals surface area (Å²) < 4.78 is 0.887. The first-order valence-corrected chi connectivity index (χ1v) is 7.77. The lowest BCUT2D eigenvalue weighted by atomic mass is 9.75. The van der Waals surface area contributed by atoms with Gasteiger partial charge in [-0.2, -0.15) is 0 Å². The molecule has 1 heterocycles. The average Bonchev–Trinajstić information content (AvgIpc) is 2.74. The Morgan fingerprint density at radius 1 is 1.35 bits per heavy atom. The highest BCUT2D eigenvalue weighted by Gasteiger charge is 2.27. The molecule has 1 atom stereocenters. The molecule has 1 nitrogen and oxygen atoms in total. The van der Waals surface area contributed by atoms with E-state index in [0.29, 0.717) is 11.5 Å². The van der Waals surface area contributed by atoms with Crippen molar-refractivity contribution in [2.24, 2.45) is 5.41 Å². The molecule has 1 aliphatic rings. The Balaban J connectivity index is 1.85. The second kappa shape index (κ2) is 5.73. The molecule has 0 radical (unpaired) electrons. The van der Waals surface area contributed by atoms with Gasteiger partial charge in [0.1, 0.15) is 0 Å². The Morgan fingerprint density at radius 2 is 2.06 bits per heavy atom. The number of hydrogen-bond acceptors (Lipinski definition) is 2. The van der Waals surface area contributed by atoms with E-state index in [2.05, 4.69) is 25.2 Å². The van der Waals surface area contributed by atoms with Crippen molar-refractivity contribution < 1.29 is 0 Å². The molecule has 1 N–H and O–H groups in total. The highest BCUT2D eigenvalue weighted by molar-refractivity contribution is 7.16. The van der Waals surface area contributed by atoms with Crippen LogP contribution in [0.5, 0.6) is 0 Å². The van der Waals surface area contributed by atoms with Crippen LogP contribution in [0.1, 0.15) is 56.9 Å². The summed E-state index contributed by atoms with van der Waals surface area (Å²) in [6, 6.07) is 4.54. The van der Waals surface area contributed by atoms with Crippen molar-refractivity contribution in [2.45, 2.75) is 52.0 Å². The van der Waals surface area contributed by atoms with Gasteiger partial charge < -0.3 is 5.32 Å². The first-order valence-electron chi connectivity index (χ1n) is 6.58. The Morgan fingerprint density at radius 3 is 2.65 bits per heavy atom. The average molecular weight is 272 g/mol. The van der Waals surface area contributed by atoms with Gasteiger partial charge in [-0.05, 0) is 37.3 Å². The van der Waals surface area contributed by atoms with Gasteiger partial charge in [-0.3, -0.25) is 0 Å². The molecule has 3 heteroatoms. The van der Waals surface area contributed by atoms with Crippen molar-refractivity contribution in [3.05, 3.63) is 21.3 Å². The van der Waals surface area contributed by atoms with Gasteiger partial charge in [0.2, 0.25) is 0 Å². The minimum atomic E-state index is 0.422. The van der Waals surface area contributed by atoms with Crippen LogP contribution < -0.4 is 5.32 Å². The van der Waals surface area contributed by atoms with E-state index in [-0.39, 0.29) is 0 Å². The smallest absolute Gasteiger partial charge is 0.0931 e. The van der Waals surface area contributed by atoms with Crippen LogP contribution in [0.3, 0.4) is 0 Å². The highest BCUT2D eigenvalue weighted by Crippen LogP contribution is 2.36. The summed E-state index contributed by atoms with van der Waals surface area (Å²) >= 11 is 7.66. The van der Waals surface area contributed by atoms with Crippen molar-refractivity contribution in [2.75, 3.05) is 6.54 Å². The van der Waals surface area contributed by atoms with E-state index >= 15 is 0 Å². The van der Waals surface area contributed by atoms with E-state index < -0.39 is 0 Å². The lowest BCUT2D eigenvalue weighted by molar-refractivity contribution is 0.202. The fourth-order valence-electron chi connectivity index (χ4n) is 2.64. The Kier molecular flexibility index (Phi) is 4.51. The monoisotopic (exact) mass is 271 g/mol. The molecule has 1 saturated carbocycles. The lowest BCUT2D eigenvalue weighted by Crippen LogP contribution is -2.34. The summed E-state index contributed by atoms with van der Waals surface area (Å²) in [5.74, 6) is 0. The zero-order valence-corrected chi connectivity index (χ0v) is 12.3. The van der Waals surface area contributed by atoms with E-state index in [0.717, 1.165) is 10.9 Å². The van der Waals surface area contributed by atoms with Crippen molar-refractivity contribution in [1.82, 2.24) is 5.32 Å². The molecule has 1 aromatic rings. The van der Waals surface area contributed by atoms with E-state index in [4.69, 9.17) is 11.6 Å². The molecule has 2 rings (SSSR count). The molecule has 0 amide bonds. The third-order valence-corrected chi connectivity index (χ3v) is 5.33. The SMILES string of the molecule is CC(NCC1(C)CCCCC1)c1ccc(Cl)s1. The van der Waals surface area contributed by atoms with Gasteiger partial charge in [0.15, 0.2) is 0 Å². The topological polar surface area (TPSA) is 12.0 Å². The summed E-state index contributed by atoms with van der Waals surface area (Å²) in [5, 5.41) is 3.67. The molecule has 0 aliphatic heterocycles. The molecule has 1 unspecified atom stereocenters. The van der Waals surface area contributed by atoms with Crippen molar-refractivity contribution >= 4 is 22.9 Å². The Labute approximate surface area is 114 Å². The van der Waals surface area contributed by atoms with Crippen LogP contribution >= 0.6 is 22.9 Å². The van der Waals surface area contributed by atoms with Crippen LogP contribution in [0.15, 0.2) is 12.1 Å². The number of nitrogens with one attached hydrogen (secondary N) is 1. The fourth-order valence-corrected chi connectivity index (χ4v) is 3.73. The summed E-state index contributed by atoms with van der Waals surface area (Å²) in [7, 11) is 0. The normalized spacial score (nSPS) is 21.4. The second-order valence-electron chi connectivity index (χ2n) is 5.62. The quantitative estimate of drug-likeness (QED) is 0.811. The molecular formula is C14H22ClNS. The van der Waals surface area contributed by atoms with Crippen LogP contribution in [0.25, 0.3) is 0 Å². The van der Waals surface area contributed by atoms with Gasteiger partial charge >= 0.3 is 0 Å². The Hall–Kier alpha value is -0.0500. The van der Waals surface area contributed by atoms with E-state index in [1.807, 2.05) is 6.07 Å². The molecule has 0 aromatic carbocycles. The molecule has 1 aromatic heterocycles. The molecule has 96 valence electrons. The first kappa shape index (κ1) is 13.4. The van der Waals surface area contributed by atoms with Crippen LogP contribution in [-0.2, 0) is 0 Å². The van der Waals surface area contributed by atoms with Gasteiger partial charge in [-0.15, -0.1) is 11.3 Å². The van der Waals surface area contributed by atoms with Crippen LogP contribution in [0.4, 0.5) is 0 Å². The fraction of sp³-hybridized carbons (Fsp3) is 0.714. The number of rotatable bonds is 4. The van der Waals surface area contributed by atoms with Crippen molar-refractivity contribution in [1.29, 1.82) is 0 Å². The lowest BCUT2D eigenvalue weighted by Gasteiger charge is -2.34. The van der Waals surface area contributed by atoms with E-state index in [1.165, 1.54) is 37.0 Å². The molecule has 1 fully saturated rings. The third-order valence-electron chi connectivity index (χ3n) is 3.92. The summed E-state index contributed by atoms with van der Waals surface area (Å²) in [5.41, 5.74) is 0.508. The highest BCUT2D eigenvalue weighted by atomic mass is 35.5. The number of halogens is 1. The van der Waals surface area contributed by atoms with Crippen LogP contribution in [0, 0.1) is 5.41 Å². The zero-order valence-electron chi connectivity index (χ0n) is 10.8. The standard InChI is InChI=1S/C14H22ClNS/c1-11(12-6-7-13(15)17-12)16-10-14(2)8-4-3-5-9-14/h6-7,11,16H,3-5,8-10H2,1-2H3. The molecular weight excluding hydrogens is 250 g/mol. The minimum absolute atomic E-state index is 0.422. The van der Waals surface area contributed by atoms with Crippen LogP contribution in [0.2, 0.25) is 4.34 Å². The van der Waals surface area contributed by atoms with Gasteiger partial charge in [-0.25, -0.2) is 0 Å². The molecule has 0 saturated heterocycles. The number of hydrogen-bond donors (Lipinski definition) is 1. The van der Waals surface area contributed by atoms with Gasteiger partial charge in [0.25, 0.3) is 0 Å². The predicted molar refractivity (Wildman–Crippen MR) is 76.9 cm³/mol. The van der Waals surface area contributed by atoms with E-state index in [9.17, 15) is 0 Å². The maximum absolute atomic E-state index is 5.97. The van der Waals surface area contributed by atoms with Gasteiger partial charge in [-0.1, -0.05) is 37.8 Å². The van der Waals surface area contributed by atoms with Gasteiger partial charge in [0.05, 0.1) is 4.34 Å². The third kappa shape index (κ3) is 3.70. The predicted octanol–water partition coefficient (Wildman–Crippen LogP) is 5.02. The van der Waals surface area contributed by atoms with Crippen LogP contribution in [-0.4, -0.2) is 6.54 Å². The first-order chi connectivity index (χ1) is 8.09. The van der Waals surface area contributed by atoms with E-state index in [1.54, 1.807) is 11.3 Å². The number of thiophene rings is 1. The molecule has 0 spiro atoms. The second-order valence-corrected chi connectivity index (χ2v) is 7.36. The molecule has 0 bridgehead atoms. The van der Waals surface area contributed by atoms with Crippen molar-refractivity contribution in [3.63, 3.8) is 0 Å². The minimum Gasteiger partial charge on any atom is -0.309 e. The molecule has 1 aliphatic carbocycles. The van der Waals surface area contributed by atoms with Crippen molar-refractivity contribution in [3.8, 4) is 0 Å². The Bertz CT molecular complexity index is 355.